The van der Waals surface area contributed by atoms with Crippen LogP contribution in [0.3, 0.4) is 0 Å². The zero-order valence-corrected chi connectivity index (χ0v) is 16.5. The number of hydrogen-bond acceptors (Lipinski definition) is 3. The first-order chi connectivity index (χ1) is 11.2. The Morgan fingerprint density at radius 3 is 2.23 bits per heavy atom. The maximum atomic E-state index is 12.8. The van der Waals surface area contributed by atoms with Gasteiger partial charge in [0, 0.05) is 38.8 Å². The average molecular weight is 416 g/mol. The van der Waals surface area contributed by atoms with Gasteiger partial charge in [-0.25, -0.2) is 0 Å². The Hall–Kier alpha value is -1.02. The van der Waals surface area contributed by atoms with E-state index < -0.39 is 11.7 Å². The average Bonchev–Trinajstić information content (AvgIpc) is 2.53. The molecule has 0 radical (unpaired) electrons. The van der Waals surface area contributed by atoms with E-state index in [0.717, 1.165) is 6.07 Å². The molecule has 0 aliphatic carbocycles. The minimum absolute atomic E-state index is 0. The largest absolute Gasteiger partial charge is 0.416 e. The third-order valence-electron chi connectivity index (χ3n) is 4.52. The smallest absolute Gasteiger partial charge is 0.340 e. The molecule has 1 saturated heterocycles. The van der Waals surface area contributed by atoms with Gasteiger partial charge in [0.15, 0.2) is 0 Å². The van der Waals surface area contributed by atoms with E-state index in [2.05, 4.69) is 4.90 Å². The Balaban J connectivity index is 0.00000312. The molecular weight excluding hydrogens is 390 g/mol. The van der Waals surface area contributed by atoms with Gasteiger partial charge in [0.25, 0.3) is 0 Å². The molecule has 2 rings (SSSR count). The summed E-state index contributed by atoms with van der Waals surface area (Å²) in [6, 6.07) is 5.21. The molecule has 2 atom stereocenters. The minimum Gasteiger partial charge on any atom is -0.340 e. The van der Waals surface area contributed by atoms with E-state index >= 15 is 0 Å². The number of amides is 1. The number of carbonyl (C=O) groups is 1. The summed E-state index contributed by atoms with van der Waals surface area (Å²) in [6.45, 7) is 6.54. The van der Waals surface area contributed by atoms with Crippen LogP contribution in [-0.4, -0.2) is 47.9 Å². The number of nitrogens with two attached hydrogens (primary N) is 1. The maximum absolute atomic E-state index is 12.8. The Bertz CT molecular complexity index is 577. The van der Waals surface area contributed by atoms with E-state index in [1.54, 1.807) is 11.0 Å². The van der Waals surface area contributed by atoms with Crippen LogP contribution in [-0.2, 0) is 17.5 Å². The van der Waals surface area contributed by atoms with Crippen molar-refractivity contribution in [2.24, 2.45) is 11.7 Å². The first kappa shape index (κ1) is 25.0. The molecule has 2 N–H and O–H groups in total. The number of hydrogen-bond donors (Lipinski definition) is 1. The summed E-state index contributed by atoms with van der Waals surface area (Å²) < 4.78 is 38.3. The molecule has 1 aromatic carbocycles. The predicted molar refractivity (Wildman–Crippen MR) is 101 cm³/mol. The summed E-state index contributed by atoms with van der Waals surface area (Å²) in [5, 5.41) is 0. The number of benzene rings is 1. The van der Waals surface area contributed by atoms with Crippen LogP contribution in [0.25, 0.3) is 0 Å². The van der Waals surface area contributed by atoms with Crippen molar-refractivity contribution < 1.29 is 18.0 Å². The van der Waals surface area contributed by atoms with Crippen LogP contribution in [0, 0.1) is 5.92 Å². The van der Waals surface area contributed by atoms with Gasteiger partial charge in [0.05, 0.1) is 11.5 Å². The van der Waals surface area contributed by atoms with Gasteiger partial charge in [-0.05, 0) is 18.6 Å². The highest BCUT2D eigenvalue weighted by Crippen LogP contribution is 2.29. The van der Waals surface area contributed by atoms with E-state index in [-0.39, 0.29) is 42.7 Å². The van der Waals surface area contributed by atoms with Gasteiger partial charge in [0.1, 0.15) is 0 Å². The van der Waals surface area contributed by atoms with Crippen molar-refractivity contribution in [3.05, 3.63) is 35.4 Å². The third-order valence-corrected chi connectivity index (χ3v) is 4.52. The van der Waals surface area contributed by atoms with Gasteiger partial charge in [-0.15, -0.1) is 24.8 Å². The van der Waals surface area contributed by atoms with Gasteiger partial charge in [-0.2, -0.15) is 13.2 Å². The molecule has 0 spiro atoms. The molecule has 2 unspecified atom stereocenters. The predicted octanol–water partition coefficient (Wildman–Crippen LogP) is 3.18. The highest BCUT2D eigenvalue weighted by atomic mass is 35.5. The standard InChI is InChI=1S/C17H24F3N3O.2ClH/c1-12(13(2)21)16(24)23-8-6-22(7-9-23)11-14-4-3-5-15(10-14)17(18,19)20;;/h3-5,10,12-13H,6-9,11,21H2,1-2H3;2*1H. The lowest BCUT2D eigenvalue weighted by molar-refractivity contribution is -0.138. The van der Waals surface area contributed by atoms with Gasteiger partial charge >= 0.3 is 6.18 Å². The first-order valence-corrected chi connectivity index (χ1v) is 8.11. The topological polar surface area (TPSA) is 49.6 Å². The Morgan fingerprint density at radius 1 is 1.15 bits per heavy atom. The van der Waals surface area contributed by atoms with Crippen molar-refractivity contribution in [3.8, 4) is 0 Å². The fourth-order valence-electron chi connectivity index (χ4n) is 2.74. The van der Waals surface area contributed by atoms with Crippen molar-refractivity contribution in [1.29, 1.82) is 0 Å². The van der Waals surface area contributed by atoms with Crippen LogP contribution in [0.2, 0.25) is 0 Å². The normalized spacial score (nSPS) is 17.7. The fraction of sp³-hybridized carbons (Fsp3) is 0.588. The first-order valence-electron chi connectivity index (χ1n) is 8.11. The van der Waals surface area contributed by atoms with E-state index in [9.17, 15) is 18.0 Å². The van der Waals surface area contributed by atoms with Gasteiger partial charge in [-0.1, -0.05) is 25.1 Å². The van der Waals surface area contributed by atoms with Crippen LogP contribution in [0.1, 0.15) is 25.0 Å². The molecule has 0 saturated carbocycles. The Kier molecular flexibility index (Phi) is 9.94. The number of alkyl halides is 3. The Morgan fingerprint density at radius 2 is 1.73 bits per heavy atom. The second-order valence-electron chi connectivity index (χ2n) is 6.45. The monoisotopic (exact) mass is 415 g/mol. The molecule has 1 aliphatic rings. The molecule has 4 nitrogen and oxygen atoms in total. The lowest BCUT2D eigenvalue weighted by Gasteiger charge is -2.36. The molecule has 26 heavy (non-hydrogen) atoms. The molecule has 0 bridgehead atoms. The van der Waals surface area contributed by atoms with Crippen molar-refractivity contribution in [1.82, 2.24) is 9.80 Å². The van der Waals surface area contributed by atoms with E-state index in [1.165, 1.54) is 12.1 Å². The highest BCUT2D eigenvalue weighted by molar-refractivity contribution is 5.85. The number of carbonyl (C=O) groups excluding carboxylic acids is 1. The summed E-state index contributed by atoms with van der Waals surface area (Å²) in [5.74, 6) is -0.177. The lowest BCUT2D eigenvalue weighted by Crippen LogP contribution is -2.51. The van der Waals surface area contributed by atoms with Crippen molar-refractivity contribution in [2.45, 2.75) is 32.6 Å². The molecule has 1 amide bonds. The summed E-state index contributed by atoms with van der Waals surface area (Å²) in [5.41, 5.74) is 5.78. The van der Waals surface area contributed by atoms with Crippen molar-refractivity contribution in [2.75, 3.05) is 26.2 Å². The Labute approximate surface area is 164 Å². The molecule has 1 heterocycles. The van der Waals surface area contributed by atoms with Gasteiger partial charge < -0.3 is 10.6 Å². The summed E-state index contributed by atoms with van der Waals surface area (Å²) >= 11 is 0. The molecule has 150 valence electrons. The van der Waals surface area contributed by atoms with Crippen molar-refractivity contribution >= 4 is 30.7 Å². The summed E-state index contributed by atoms with van der Waals surface area (Å²) in [4.78, 5) is 16.1. The van der Waals surface area contributed by atoms with E-state index in [1.807, 2.05) is 13.8 Å². The van der Waals surface area contributed by atoms with Crippen molar-refractivity contribution in [3.63, 3.8) is 0 Å². The molecule has 1 aliphatic heterocycles. The fourth-order valence-corrected chi connectivity index (χ4v) is 2.74. The molecular formula is C17H26Cl2F3N3O. The molecule has 0 aromatic heterocycles. The van der Waals surface area contributed by atoms with Crippen LogP contribution in [0.15, 0.2) is 24.3 Å². The summed E-state index contributed by atoms with van der Waals surface area (Å²) in [6.07, 6.45) is -4.32. The molecule has 1 aromatic rings. The van der Waals surface area contributed by atoms with Crippen LogP contribution in [0.4, 0.5) is 13.2 Å². The number of rotatable bonds is 4. The van der Waals surface area contributed by atoms with Gasteiger partial charge in [-0.3, -0.25) is 9.69 Å². The SMILES string of the molecule is CC(N)C(C)C(=O)N1CCN(Cc2cccc(C(F)(F)F)c2)CC1.Cl.Cl. The second-order valence-corrected chi connectivity index (χ2v) is 6.45. The lowest BCUT2D eigenvalue weighted by atomic mass is 10.0. The summed E-state index contributed by atoms with van der Waals surface area (Å²) in [7, 11) is 0. The zero-order chi connectivity index (χ0) is 17.9. The van der Waals surface area contributed by atoms with Crippen LogP contribution >= 0.6 is 24.8 Å². The zero-order valence-electron chi connectivity index (χ0n) is 14.8. The van der Waals surface area contributed by atoms with E-state index in [4.69, 9.17) is 5.73 Å². The van der Waals surface area contributed by atoms with Crippen LogP contribution in [0.5, 0.6) is 0 Å². The maximum Gasteiger partial charge on any atom is 0.416 e. The third kappa shape index (κ3) is 6.61. The number of halogens is 5. The number of piperazine rings is 1. The quantitative estimate of drug-likeness (QED) is 0.821. The minimum atomic E-state index is -4.32. The van der Waals surface area contributed by atoms with Crippen LogP contribution < -0.4 is 5.73 Å². The molecule has 1 fully saturated rings. The van der Waals surface area contributed by atoms with Gasteiger partial charge in [0.2, 0.25) is 5.91 Å². The van der Waals surface area contributed by atoms with E-state index in [0.29, 0.717) is 38.3 Å². The highest BCUT2D eigenvalue weighted by Gasteiger charge is 2.31. The number of nitrogens with zero attached hydrogens (tertiary/aromatic N) is 2. The second kappa shape index (κ2) is 10.3. The molecule has 9 heteroatoms.